The molecule has 0 aromatic heterocycles. The highest BCUT2D eigenvalue weighted by Gasteiger charge is 2.11. The minimum absolute atomic E-state index is 0.00807. The number of nitrogens with one attached hydrogen (secondary N) is 6. The smallest absolute Gasteiger partial charge is 0.202 e. The van der Waals surface area contributed by atoms with Crippen LogP contribution in [0.25, 0.3) is 0 Å². The first-order valence-electron chi connectivity index (χ1n) is 11.4. The number of hydrogen-bond donors (Lipinski definition) is 8. The summed E-state index contributed by atoms with van der Waals surface area (Å²) in [5.41, 5.74) is 13.9. The van der Waals surface area contributed by atoms with Crippen molar-refractivity contribution in [3.05, 3.63) is 83.9 Å². The van der Waals surface area contributed by atoms with Crippen LogP contribution in [0.2, 0.25) is 0 Å². The zero-order chi connectivity index (χ0) is 27.7. The number of nitrogens with two attached hydrogens (primary N) is 2. The van der Waals surface area contributed by atoms with Crippen molar-refractivity contribution in [2.75, 3.05) is 23.9 Å². The molecule has 12 nitrogen and oxygen atoms in total. The first kappa shape index (κ1) is 27.3. The van der Waals surface area contributed by atoms with Crippen LogP contribution < -0.4 is 41.4 Å². The van der Waals surface area contributed by atoms with E-state index in [4.69, 9.17) is 42.6 Å². The summed E-state index contributed by atoms with van der Waals surface area (Å²) in [6.45, 7) is 0.573. The lowest BCUT2D eigenvalue weighted by molar-refractivity contribution is 0.256. The van der Waals surface area contributed by atoms with Gasteiger partial charge in [-0.2, -0.15) is 0 Å². The van der Waals surface area contributed by atoms with E-state index in [-0.39, 0.29) is 30.4 Å². The second-order valence-electron chi connectivity index (χ2n) is 8.18. The molecule has 0 saturated carbocycles. The van der Waals surface area contributed by atoms with Gasteiger partial charge in [-0.1, -0.05) is 30.3 Å². The molecule has 3 rings (SSSR count). The summed E-state index contributed by atoms with van der Waals surface area (Å²) in [6.07, 6.45) is 0. The quantitative estimate of drug-likeness (QED) is 0.165. The maximum Gasteiger partial charge on any atom is 0.202 e. The molecule has 0 bridgehead atoms. The van der Waals surface area contributed by atoms with Crippen molar-refractivity contribution in [2.45, 2.75) is 13.2 Å². The summed E-state index contributed by atoms with van der Waals surface area (Å²) in [5.74, 6) is 0.477. The van der Waals surface area contributed by atoms with Gasteiger partial charge in [0.15, 0.2) is 23.4 Å². The molecule has 0 unspecified atom stereocenters. The third kappa shape index (κ3) is 7.62. The predicted octanol–water partition coefficient (Wildman–Crippen LogP) is 2.35. The third-order valence-electron chi connectivity index (χ3n) is 5.38. The number of ether oxygens (including phenoxy) is 2. The van der Waals surface area contributed by atoms with Crippen LogP contribution in [0.3, 0.4) is 0 Å². The van der Waals surface area contributed by atoms with Gasteiger partial charge in [-0.05, 0) is 53.6 Å². The van der Waals surface area contributed by atoms with Crippen LogP contribution in [0, 0.1) is 27.7 Å². The van der Waals surface area contributed by atoms with Gasteiger partial charge in [0.25, 0.3) is 0 Å². The maximum atomic E-state index is 8.01. The maximum absolute atomic E-state index is 8.01. The fraction of sp³-hybridized carbons (Fsp3) is 0.154. The SMILES string of the molecule is CN(C(=N)NC(=N)N)c1ccc(COc2c[c]ccc2OCc2cccc(N(C)C(=N)NC(=N)N)c2)cc1. The van der Waals surface area contributed by atoms with Crippen LogP contribution in [0.5, 0.6) is 11.5 Å². The van der Waals surface area contributed by atoms with E-state index in [2.05, 4.69) is 16.7 Å². The number of guanidine groups is 4. The van der Waals surface area contributed by atoms with Crippen LogP contribution in [0.1, 0.15) is 11.1 Å². The fourth-order valence-electron chi connectivity index (χ4n) is 3.31. The van der Waals surface area contributed by atoms with E-state index in [1.54, 1.807) is 42.1 Å². The topological polar surface area (TPSA) is 196 Å². The summed E-state index contributed by atoms with van der Waals surface area (Å²) in [6, 6.07) is 23.2. The number of hydrogen-bond acceptors (Lipinski definition) is 6. The molecule has 38 heavy (non-hydrogen) atoms. The first-order valence-corrected chi connectivity index (χ1v) is 11.4. The van der Waals surface area contributed by atoms with Gasteiger partial charge < -0.3 is 30.7 Å². The Morgan fingerprint density at radius 1 is 0.763 bits per heavy atom. The summed E-state index contributed by atoms with van der Waals surface area (Å²) in [7, 11) is 3.41. The summed E-state index contributed by atoms with van der Waals surface area (Å²) >= 11 is 0. The Morgan fingerprint density at radius 3 is 1.97 bits per heavy atom. The normalized spacial score (nSPS) is 10.2. The molecule has 0 heterocycles. The molecule has 0 spiro atoms. The molecule has 0 aliphatic heterocycles. The minimum atomic E-state index is -0.305. The molecule has 0 saturated heterocycles. The molecular formula is C26H31N10O2. The molecule has 0 amide bonds. The number of rotatable bonds is 8. The predicted molar refractivity (Wildman–Crippen MR) is 149 cm³/mol. The van der Waals surface area contributed by atoms with Crippen molar-refractivity contribution in [3.8, 4) is 11.5 Å². The molecule has 0 aliphatic rings. The number of benzene rings is 3. The Kier molecular flexibility index (Phi) is 9.08. The molecular weight excluding hydrogens is 484 g/mol. The Morgan fingerprint density at radius 2 is 1.34 bits per heavy atom. The van der Waals surface area contributed by atoms with E-state index < -0.39 is 0 Å². The third-order valence-corrected chi connectivity index (χ3v) is 5.38. The molecule has 0 atom stereocenters. The van der Waals surface area contributed by atoms with Crippen molar-refractivity contribution < 1.29 is 9.47 Å². The van der Waals surface area contributed by atoms with Gasteiger partial charge in [0.05, 0.1) is 0 Å². The average molecular weight is 516 g/mol. The highest BCUT2D eigenvalue weighted by atomic mass is 16.5. The van der Waals surface area contributed by atoms with Crippen molar-refractivity contribution in [3.63, 3.8) is 0 Å². The largest absolute Gasteiger partial charge is 0.485 e. The Labute approximate surface area is 221 Å². The van der Waals surface area contributed by atoms with Gasteiger partial charge in [0.2, 0.25) is 11.9 Å². The molecule has 10 N–H and O–H groups in total. The summed E-state index contributed by atoms with van der Waals surface area (Å²) < 4.78 is 12.0. The van der Waals surface area contributed by atoms with Crippen molar-refractivity contribution in [1.82, 2.24) is 10.6 Å². The lowest BCUT2D eigenvalue weighted by atomic mass is 10.2. The standard InChI is InChI=1S/C26H31N10O2/c1-35(25(31)33-23(27)28)19-12-10-17(11-13-19)15-37-21-8-3-4-9-22(21)38-16-18-6-5-7-20(14-18)36(2)26(32)34-24(29)30/h4-14H,15-16H2,1-2H3,(H5,27,28,31,33)(H5,29,30,32,34). The lowest BCUT2D eigenvalue weighted by Crippen LogP contribution is -2.44. The highest BCUT2D eigenvalue weighted by Crippen LogP contribution is 2.28. The van der Waals surface area contributed by atoms with Crippen molar-refractivity contribution in [2.24, 2.45) is 11.5 Å². The summed E-state index contributed by atoms with van der Waals surface area (Å²) in [5, 5.41) is 35.4. The van der Waals surface area contributed by atoms with E-state index in [1.165, 1.54) is 0 Å². The van der Waals surface area contributed by atoms with Crippen LogP contribution in [0.15, 0.2) is 66.7 Å². The van der Waals surface area contributed by atoms with Gasteiger partial charge in [-0.25, -0.2) is 0 Å². The molecule has 12 heteroatoms. The van der Waals surface area contributed by atoms with E-state index >= 15 is 0 Å². The molecule has 0 fully saturated rings. The fourth-order valence-corrected chi connectivity index (χ4v) is 3.31. The molecule has 197 valence electrons. The van der Waals surface area contributed by atoms with Crippen LogP contribution in [0.4, 0.5) is 11.4 Å². The van der Waals surface area contributed by atoms with E-state index in [9.17, 15) is 0 Å². The molecule has 1 radical (unpaired) electrons. The molecule has 0 aliphatic carbocycles. The van der Waals surface area contributed by atoms with Gasteiger partial charge >= 0.3 is 0 Å². The Bertz CT molecular complexity index is 1310. The van der Waals surface area contributed by atoms with Crippen LogP contribution in [-0.2, 0) is 13.2 Å². The Balaban J connectivity index is 1.61. The number of anilines is 2. The van der Waals surface area contributed by atoms with Gasteiger partial charge in [-0.15, -0.1) is 0 Å². The van der Waals surface area contributed by atoms with Crippen LogP contribution in [-0.4, -0.2) is 37.9 Å². The second-order valence-corrected chi connectivity index (χ2v) is 8.18. The number of nitrogens with zero attached hydrogens (tertiary/aromatic N) is 2. The minimum Gasteiger partial charge on any atom is -0.485 e. The van der Waals surface area contributed by atoms with Gasteiger partial charge in [-0.3, -0.25) is 32.3 Å². The monoisotopic (exact) mass is 515 g/mol. The molecule has 3 aromatic rings. The van der Waals surface area contributed by atoms with E-state index in [1.807, 2.05) is 48.5 Å². The van der Waals surface area contributed by atoms with Crippen LogP contribution >= 0.6 is 0 Å². The van der Waals surface area contributed by atoms with E-state index in [0.717, 1.165) is 22.5 Å². The van der Waals surface area contributed by atoms with Crippen molar-refractivity contribution >= 4 is 35.2 Å². The summed E-state index contributed by atoms with van der Waals surface area (Å²) in [4.78, 5) is 3.14. The average Bonchev–Trinajstić information content (AvgIpc) is 2.90. The Hall–Kier alpha value is -5.26. The highest BCUT2D eigenvalue weighted by molar-refractivity contribution is 6.04. The zero-order valence-electron chi connectivity index (χ0n) is 21.1. The second kappa shape index (κ2) is 12.6. The molecule has 3 aromatic carbocycles. The van der Waals surface area contributed by atoms with Gasteiger partial charge in [0, 0.05) is 25.5 Å². The van der Waals surface area contributed by atoms with Crippen molar-refractivity contribution in [1.29, 1.82) is 21.6 Å². The lowest BCUT2D eigenvalue weighted by Gasteiger charge is -2.21. The van der Waals surface area contributed by atoms with Gasteiger partial charge in [0.1, 0.15) is 13.2 Å². The first-order chi connectivity index (χ1) is 18.1. The van der Waals surface area contributed by atoms with E-state index in [0.29, 0.717) is 18.1 Å². The zero-order valence-corrected chi connectivity index (χ0v) is 21.1.